The molecule has 1 aliphatic rings. The summed E-state index contributed by atoms with van der Waals surface area (Å²) in [4.78, 5) is 30.0. The number of amides is 1. The topological polar surface area (TPSA) is 89.2 Å². The predicted molar refractivity (Wildman–Crippen MR) is 127 cm³/mol. The molecule has 1 aliphatic heterocycles. The van der Waals surface area contributed by atoms with Gasteiger partial charge in [-0.2, -0.15) is 10.4 Å². The average Bonchev–Trinajstić information content (AvgIpc) is 3.28. The third-order valence-corrected chi connectivity index (χ3v) is 5.31. The van der Waals surface area contributed by atoms with Crippen molar-refractivity contribution in [2.75, 3.05) is 38.8 Å². The van der Waals surface area contributed by atoms with Crippen LogP contribution in [-0.4, -0.2) is 67.2 Å². The Labute approximate surface area is 194 Å². The summed E-state index contributed by atoms with van der Waals surface area (Å²) in [7, 11) is 3.91. The number of esters is 1. The number of nitrogens with zero attached hydrogens (tertiary/aromatic N) is 5. The lowest BCUT2D eigenvalue weighted by Crippen LogP contribution is -2.47. The molecule has 0 bridgehead atoms. The van der Waals surface area contributed by atoms with Crippen molar-refractivity contribution in [3.63, 3.8) is 0 Å². The molecule has 0 saturated carbocycles. The molecule has 0 saturated heterocycles. The first-order valence-electron chi connectivity index (χ1n) is 10.9. The van der Waals surface area contributed by atoms with E-state index in [2.05, 4.69) is 11.2 Å². The zero-order valence-electron chi connectivity index (χ0n) is 19.3. The Morgan fingerprint density at radius 2 is 1.82 bits per heavy atom. The number of hydrogen-bond donors (Lipinski definition) is 0. The Morgan fingerprint density at radius 3 is 2.42 bits per heavy atom. The second-order valence-corrected chi connectivity index (χ2v) is 8.04. The standard InChI is InChI=1S/C25H29N5O3/c1-4-33-25(32)22-16-23(30(27-22)21-8-6-5-7-9-21)24(31)29(15-14-28(2)3)18-20-12-10-19(17-26)11-13-20/h5-13,23H,4,14-16,18H2,1-3H3. The zero-order valence-corrected chi connectivity index (χ0v) is 19.3. The quantitative estimate of drug-likeness (QED) is 0.549. The van der Waals surface area contributed by atoms with Crippen molar-refractivity contribution in [1.29, 1.82) is 5.26 Å². The second kappa shape index (κ2) is 11.2. The molecule has 8 nitrogen and oxygen atoms in total. The predicted octanol–water partition coefficient (Wildman–Crippen LogP) is 2.65. The fourth-order valence-corrected chi connectivity index (χ4v) is 3.56. The molecule has 1 unspecified atom stereocenters. The Bertz CT molecular complexity index is 1030. The third kappa shape index (κ3) is 6.18. The molecule has 1 atom stereocenters. The smallest absolute Gasteiger partial charge is 0.354 e. The first-order chi connectivity index (χ1) is 15.9. The highest BCUT2D eigenvalue weighted by Gasteiger charge is 2.39. The summed E-state index contributed by atoms with van der Waals surface area (Å²) in [6.07, 6.45) is 0.179. The van der Waals surface area contributed by atoms with Crippen molar-refractivity contribution in [1.82, 2.24) is 9.80 Å². The third-order valence-electron chi connectivity index (χ3n) is 5.31. The highest BCUT2D eigenvalue weighted by atomic mass is 16.5. The molecule has 8 heteroatoms. The van der Waals surface area contributed by atoms with Crippen LogP contribution >= 0.6 is 0 Å². The van der Waals surface area contributed by atoms with Crippen LogP contribution < -0.4 is 5.01 Å². The lowest BCUT2D eigenvalue weighted by Gasteiger charge is -2.30. The highest BCUT2D eigenvalue weighted by Crippen LogP contribution is 2.26. The maximum absolute atomic E-state index is 13.8. The van der Waals surface area contributed by atoms with Gasteiger partial charge in [-0.05, 0) is 50.8 Å². The van der Waals surface area contributed by atoms with Gasteiger partial charge in [0.25, 0.3) is 0 Å². The fraction of sp³-hybridized carbons (Fsp3) is 0.360. The van der Waals surface area contributed by atoms with E-state index in [0.29, 0.717) is 25.2 Å². The number of nitriles is 1. The molecule has 1 amide bonds. The number of hydrogen-bond acceptors (Lipinski definition) is 7. The molecule has 3 rings (SSSR count). The molecule has 1 heterocycles. The molecular weight excluding hydrogens is 418 g/mol. The van der Waals surface area contributed by atoms with E-state index in [0.717, 1.165) is 11.3 Å². The van der Waals surface area contributed by atoms with E-state index >= 15 is 0 Å². The summed E-state index contributed by atoms with van der Waals surface area (Å²) >= 11 is 0. The van der Waals surface area contributed by atoms with E-state index in [4.69, 9.17) is 10.00 Å². The van der Waals surface area contributed by atoms with E-state index in [9.17, 15) is 9.59 Å². The molecule has 2 aromatic carbocycles. The van der Waals surface area contributed by atoms with Gasteiger partial charge in [0.05, 0.1) is 23.9 Å². The lowest BCUT2D eigenvalue weighted by atomic mass is 10.1. The average molecular weight is 448 g/mol. The van der Waals surface area contributed by atoms with Gasteiger partial charge in [-0.3, -0.25) is 9.80 Å². The first-order valence-corrected chi connectivity index (χ1v) is 10.9. The van der Waals surface area contributed by atoms with Crippen LogP contribution in [0.5, 0.6) is 0 Å². The van der Waals surface area contributed by atoms with Gasteiger partial charge in [-0.25, -0.2) is 4.79 Å². The summed E-state index contributed by atoms with van der Waals surface area (Å²) in [5, 5.41) is 15.1. The van der Waals surface area contributed by atoms with E-state index in [1.807, 2.05) is 61.5 Å². The number of para-hydroxylation sites is 1. The van der Waals surface area contributed by atoms with Crippen molar-refractivity contribution in [3.05, 3.63) is 65.7 Å². The van der Waals surface area contributed by atoms with Crippen LogP contribution in [0.3, 0.4) is 0 Å². The molecule has 0 N–H and O–H groups in total. The van der Waals surface area contributed by atoms with Gasteiger partial charge in [0.1, 0.15) is 11.8 Å². The van der Waals surface area contributed by atoms with E-state index in [1.165, 1.54) is 0 Å². The van der Waals surface area contributed by atoms with Crippen LogP contribution in [0.15, 0.2) is 59.7 Å². The Hall–Kier alpha value is -3.70. The van der Waals surface area contributed by atoms with Crippen LogP contribution in [0, 0.1) is 11.3 Å². The minimum absolute atomic E-state index is 0.117. The molecule has 0 spiro atoms. The summed E-state index contributed by atoms with van der Waals surface area (Å²) in [5.41, 5.74) is 2.48. The first kappa shape index (κ1) is 24.0. The number of anilines is 1. The van der Waals surface area contributed by atoms with Gasteiger partial charge in [-0.1, -0.05) is 30.3 Å². The van der Waals surface area contributed by atoms with Gasteiger partial charge < -0.3 is 14.5 Å². The van der Waals surface area contributed by atoms with Crippen LogP contribution in [-0.2, 0) is 20.9 Å². The number of ether oxygens (including phenoxy) is 1. The number of hydrazone groups is 1. The molecule has 172 valence electrons. The van der Waals surface area contributed by atoms with E-state index < -0.39 is 12.0 Å². The van der Waals surface area contributed by atoms with Crippen molar-refractivity contribution in [3.8, 4) is 6.07 Å². The van der Waals surface area contributed by atoms with Crippen molar-refractivity contribution in [2.24, 2.45) is 5.10 Å². The number of carbonyl (C=O) groups excluding carboxylic acids is 2. The molecule has 0 aromatic heterocycles. The Morgan fingerprint density at radius 1 is 1.12 bits per heavy atom. The summed E-state index contributed by atoms with van der Waals surface area (Å²) in [6, 6.07) is 18.0. The van der Waals surface area contributed by atoms with E-state index in [1.54, 1.807) is 29.0 Å². The van der Waals surface area contributed by atoms with Crippen LogP contribution in [0.1, 0.15) is 24.5 Å². The molecule has 0 fully saturated rings. The largest absolute Gasteiger partial charge is 0.461 e. The minimum atomic E-state index is -0.646. The van der Waals surface area contributed by atoms with Crippen molar-refractivity contribution < 1.29 is 14.3 Å². The van der Waals surface area contributed by atoms with Gasteiger partial charge in [-0.15, -0.1) is 0 Å². The normalized spacial score (nSPS) is 15.2. The molecule has 2 aromatic rings. The number of rotatable bonds is 9. The van der Waals surface area contributed by atoms with Crippen LogP contribution in [0.4, 0.5) is 5.69 Å². The minimum Gasteiger partial charge on any atom is -0.461 e. The zero-order chi connectivity index (χ0) is 23.8. The molecule has 0 aliphatic carbocycles. The molecule has 0 radical (unpaired) electrons. The monoisotopic (exact) mass is 447 g/mol. The van der Waals surface area contributed by atoms with Crippen LogP contribution in [0.2, 0.25) is 0 Å². The summed E-state index contributed by atoms with van der Waals surface area (Å²) in [5.74, 6) is -0.617. The van der Waals surface area contributed by atoms with Crippen molar-refractivity contribution in [2.45, 2.75) is 25.9 Å². The number of carbonyl (C=O) groups is 2. The maximum Gasteiger partial charge on any atom is 0.354 e. The molecule has 33 heavy (non-hydrogen) atoms. The Kier molecular flexibility index (Phi) is 8.17. The van der Waals surface area contributed by atoms with E-state index in [-0.39, 0.29) is 24.6 Å². The van der Waals surface area contributed by atoms with Crippen LogP contribution in [0.25, 0.3) is 0 Å². The highest BCUT2D eigenvalue weighted by molar-refractivity contribution is 6.38. The van der Waals surface area contributed by atoms with Crippen molar-refractivity contribution >= 4 is 23.3 Å². The Balaban J connectivity index is 1.88. The van der Waals surface area contributed by atoms with Gasteiger partial charge in [0, 0.05) is 26.1 Å². The second-order valence-electron chi connectivity index (χ2n) is 8.04. The summed E-state index contributed by atoms with van der Waals surface area (Å²) in [6.45, 7) is 3.58. The van der Waals surface area contributed by atoms with Gasteiger partial charge in [0.2, 0.25) is 5.91 Å². The van der Waals surface area contributed by atoms with Gasteiger partial charge in [0.15, 0.2) is 0 Å². The maximum atomic E-state index is 13.8. The SMILES string of the molecule is CCOC(=O)C1=NN(c2ccccc2)C(C(=O)N(CCN(C)C)Cc2ccc(C#N)cc2)C1. The van der Waals surface area contributed by atoms with Gasteiger partial charge >= 0.3 is 5.97 Å². The number of likely N-dealkylation sites (N-methyl/N-ethyl adjacent to an activating group) is 1. The molecular formula is C25H29N5O3. The fourth-order valence-electron chi connectivity index (χ4n) is 3.56. The summed E-state index contributed by atoms with van der Waals surface area (Å²) < 4.78 is 5.14. The lowest BCUT2D eigenvalue weighted by molar-refractivity contribution is -0.135. The number of benzene rings is 2.